The molecule has 7 heteroatoms. The highest BCUT2D eigenvalue weighted by Gasteiger charge is 2.37. The summed E-state index contributed by atoms with van der Waals surface area (Å²) in [4.78, 5) is 39.1. The summed E-state index contributed by atoms with van der Waals surface area (Å²) in [7, 11) is 0. The maximum absolute atomic E-state index is 12.8. The highest BCUT2D eigenvalue weighted by Crippen LogP contribution is 2.31. The quantitative estimate of drug-likeness (QED) is 0.610. The molecule has 0 aromatic heterocycles. The van der Waals surface area contributed by atoms with E-state index >= 15 is 0 Å². The van der Waals surface area contributed by atoms with Gasteiger partial charge in [-0.3, -0.25) is 19.3 Å². The minimum atomic E-state index is -0.322. The Hall–Kier alpha value is -3.19. The van der Waals surface area contributed by atoms with Crippen LogP contribution in [0.2, 0.25) is 0 Å². The van der Waals surface area contributed by atoms with Gasteiger partial charge in [0.25, 0.3) is 11.8 Å². The molecule has 1 fully saturated rings. The Morgan fingerprint density at radius 1 is 1.09 bits per heavy atom. The first-order chi connectivity index (χ1) is 15.5. The lowest BCUT2D eigenvalue weighted by Gasteiger charge is -2.17. The van der Waals surface area contributed by atoms with Gasteiger partial charge in [-0.15, -0.1) is 0 Å². The van der Waals surface area contributed by atoms with Crippen molar-refractivity contribution in [2.24, 2.45) is 5.92 Å². The molecule has 3 amide bonds. The minimum Gasteiger partial charge on any atom is -0.457 e. The zero-order valence-electron chi connectivity index (χ0n) is 18.4. The molecular weight excluding hydrogens is 408 g/mol. The Labute approximate surface area is 187 Å². The summed E-state index contributed by atoms with van der Waals surface area (Å²) >= 11 is 0. The van der Waals surface area contributed by atoms with Crippen LogP contribution in [-0.2, 0) is 9.53 Å². The highest BCUT2D eigenvalue weighted by atomic mass is 16.5. The summed E-state index contributed by atoms with van der Waals surface area (Å²) in [6.45, 7) is 4.94. The van der Waals surface area contributed by atoms with Gasteiger partial charge < -0.3 is 14.8 Å². The van der Waals surface area contributed by atoms with E-state index in [1.54, 1.807) is 42.5 Å². The number of benzene rings is 2. The number of anilines is 1. The SMILES string of the molecule is CCC(CC)C(=O)Nc1cccc(Oc2ccc3c(c2)C(=O)N(CC2CCCO2)C3=O)c1. The van der Waals surface area contributed by atoms with E-state index in [-0.39, 0.29) is 36.3 Å². The number of nitrogens with one attached hydrogen (secondary N) is 1. The fourth-order valence-corrected chi connectivity index (χ4v) is 4.17. The molecule has 1 saturated heterocycles. The third kappa shape index (κ3) is 4.53. The van der Waals surface area contributed by atoms with Crippen molar-refractivity contribution in [1.29, 1.82) is 0 Å². The summed E-state index contributed by atoms with van der Waals surface area (Å²) in [6, 6.07) is 12.0. The van der Waals surface area contributed by atoms with E-state index in [0.717, 1.165) is 25.7 Å². The molecule has 2 aromatic carbocycles. The molecule has 1 N–H and O–H groups in total. The van der Waals surface area contributed by atoms with Crippen molar-refractivity contribution in [3.8, 4) is 11.5 Å². The van der Waals surface area contributed by atoms with Crippen molar-refractivity contribution in [2.45, 2.75) is 45.6 Å². The molecule has 7 nitrogen and oxygen atoms in total. The number of carbonyl (C=O) groups is 3. The molecular formula is C25H28N2O5. The Bertz CT molecular complexity index is 1020. The number of carbonyl (C=O) groups excluding carboxylic acids is 3. The third-order valence-corrected chi connectivity index (χ3v) is 6.05. The molecule has 0 saturated carbocycles. The molecule has 0 radical (unpaired) electrons. The topological polar surface area (TPSA) is 84.9 Å². The van der Waals surface area contributed by atoms with Gasteiger partial charge in [-0.25, -0.2) is 0 Å². The Morgan fingerprint density at radius 3 is 2.56 bits per heavy atom. The van der Waals surface area contributed by atoms with E-state index in [0.29, 0.717) is 34.9 Å². The van der Waals surface area contributed by atoms with E-state index < -0.39 is 0 Å². The number of nitrogens with zero attached hydrogens (tertiary/aromatic N) is 1. The predicted octanol–water partition coefficient (Wildman–Crippen LogP) is 4.63. The van der Waals surface area contributed by atoms with Crippen LogP contribution in [0.5, 0.6) is 11.5 Å². The van der Waals surface area contributed by atoms with E-state index in [9.17, 15) is 14.4 Å². The van der Waals surface area contributed by atoms with Gasteiger partial charge >= 0.3 is 0 Å². The van der Waals surface area contributed by atoms with Crippen LogP contribution in [0.25, 0.3) is 0 Å². The summed E-state index contributed by atoms with van der Waals surface area (Å²) in [5, 5.41) is 2.93. The number of hydrogen-bond donors (Lipinski definition) is 1. The molecule has 2 heterocycles. The first-order valence-electron chi connectivity index (χ1n) is 11.2. The second-order valence-corrected chi connectivity index (χ2v) is 8.20. The number of fused-ring (bicyclic) bond motifs is 1. The maximum atomic E-state index is 12.8. The van der Waals surface area contributed by atoms with Gasteiger partial charge in [0.1, 0.15) is 11.5 Å². The Kier molecular flexibility index (Phi) is 6.55. The zero-order valence-corrected chi connectivity index (χ0v) is 18.4. The number of rotatable bonds is 8. The monoisotopic (exact) mass is 436 g/mol. The minimum absolute atomic E-state index is 0.0138. The van der Waals surface area contributed by atoms with Crippen molar-refractivity contribution in [2.75, 3.05) is 18.5 Å². The van der Waals surface area contributed by atoms with Crippen LogP contribution in [0.3, 0.4) is 0 Å². The second-order valence-electron chi connectivity index (χ2n) is 8.20. The summed E-state index contributed by atoms with van der Waals surface area (Å²) < 4.78 is 11.5. The molecule has 2 aliphatic rings. The van der Waals surface area contributed by atoms with Crippen LogP contribution in [-0.4, -0.2) is 41.9 Å². The fourth-order valence-electron chi connectivity index (χ4n) is 4.17. The number of imide groups is 1. The van der Waals surface area contributed by atoms with Gasteiger partial charge in [0.2, 0.25) is 5.91 Å². The average molecular weight is 437 g/mol. The second kappa shape index (κ2) is 9.53. The first-order valence-corrected chi connectivity index (χ1v) is 11.2. The van der Waals surface area contributed by atoms with Crippen LogP contribution < -0.4 is 10.1 Å². The summed E-state index contributed by atoms with van der Waals surface area (Å²) in [5.74, 6) is 0.320. The molecule has 1 unspecified atom stereocenters. The smallest absolute Gasteiger partial charge is 0.261 e. The third-order valence-electron chi connectivity index (χ3n) is 6.05. The van der Waals surface area contributed by atoms with Gasteiger partial charge in [-0.1, -0.05) is 19.9 Å². The fraction of sp³-hybridized carbons (Fsp3) is 0.400. The van der Waals surface area contributed by atoms with Gasteiger partial charge in [0.05, 0.1) is 23.8 Å². The van der Waals surface area contributed by atoms with Gasteiger partial charge in [0.15, 0.2) is 0 Å². The van der Waals surface area contributed by atoms with E-state index in [4.69, 9.17) is 9.47 Å². The maximum Gasteiger partial charge on any atom is 0.261 e. The zero-order chi connectivity index (χ0) is 22.7. The average Bonchev–Trinajstić information content (AvgIpc) is 3.38. The molecule has 2 aliphatic heterocycles. The molecule has 0 aliphatic carbocycles. The van der Waals surface area contributed by atoms with Crippen molar-refractivity contribution < 1.29 is 23.9 Å². The standard InChI is InChI=1S/C25H28N2O5/c1-3-16(4-2)23(28)26-17-7-5-8-18(13-17)32-19-10-11-21-22(14-19)25(30)27(24(21)29)15-20-9-6-12-31-20/h5,7-8,10-11,13-14,16,20H,3-4,6,9,12,15H2,1-2H3,(H,26,28). The number of ether oxygens (including phenoxy) is 2. The highest BCUT2D eigenvalue weighted by molar-refractivity contribution is 6.21. The van der Waals surface area contributed by atoms with E-state index in [1.165, 1.54) is 4.90 Å². The van der Waals surface area contributed by atoms with Crippen molar-refractivity contribution in [3.63, 3.8) is 0 Å². The Balaban J connectivity index is 1.47. The number of amides is 3. The molecule has 168 valence electrons. The molecule has 2 aromatic rings. The largest absolute Gasteiger partial charge is 0.457 e. The van der Waals surface area contributed by atoms with Crippen LogP contribution in [0, 0.1) is 5.92 Å². The van der Waals surface area contributed by atoms with Crippen LogP contribution >= 0.6 is 0 Å². The van der Waals surface area contributed by atoms with E-state index in [1.807, 2.05) is 13.8 Å². The lowest BCUT2D eigenvalue weighted by Crippen LogP contribution is -2.36. The molecule has 1 atom stereocenters. The van der Waals surface area contributed by atoms with Crippen molar-refractivity contribution >= 4 is 23.4 Å². The Morgan fingerprint density at radius 2 is 1.84 bits per heavy atom. The van der Waals surface area contributed by atoms with E-state index in [2.05, 4.69) is 5.32 Å². The van der Waals surface area contributed by atoms with Crippen LogP contribution in [0.15, 0.2) is 42.5 Å². The lowest BCUT2D eigenvalue weighted by molar-refractivity contribution is -0.120. The molecule has 4 rings (SSSR count). The van der Waals surface area contributed by atoms with Gasteiger partial charge in [0, 0.05) is 24.3 Å². The normalized spacial score (nSPS) is 17.7. The first kappa shape index (κ1) is 22.0. The van der Waals surface area contributed by atoms with Crippen LogP contribution in [0.1, 0.15) is 60.2 Å². The molecule has 0 bridgehead atoms. The summed E-state index contributed by atoms with van der Waals surface area (Å²) in [5.41, 5.74) is 1.37. The number of hydrogen-bond acceptors (Lipinski definition) is 5. The predicted molar refractivity (Wildman–Crippen MR) is 120 cm³/mol. The van der Waals surface area contributed by atoms with Crippen LogP contribution in [0.4, 0.5) is 5.69 Å². The molecule has 32 heavy (non-hydrogen) atoms. The van der Waals surface area contributed by atoms with Crippen molar-refractivity contribution in [1.82, 2.24) is 4.90 Å². The molecule has 0 spiro atoms. The van der Waals surface area contributed by atoms with Gasteiger partial charge in [-0.05, 0) is 56.0 Å². The van der Waals surface area contributed by atoms with Gasteiger partial charge in [-0.2, -0.15) is 0 Å². The van der Waals surface area contributed by atoms with Crippen molar-refractivity contribution in [3.05, 3.63) is 53.6 Å². The summed E-state index contributed by atoms with van der Waals surface area (Å²) in [6.07, 6.45) is 3.27. The lowest BCUT2D eigenvalue weighted by atomic mass is 10.0.